The lowest BCUT2D eigenvalue weighted by atomic mass is 10.0. The number of β-amino-alcohol motifs (C(OH)–C–C–N with tert-alkyl or cyclic N) is 1. The Kier molecular flexibility index (Phi) is 9.78. The molecule has 2 atom stereocenters. The van der Waals surface area contributed by atoms with Crippen LogP contribution in [0.15, 0.2) is 29.3 Å². The van der Waals surface area contributed by atoms with Gasteiger partial charge in [0.15, 0.2) is 5.96 Å². The van der Waals surface area contributed by atoms with E-state index in [1.807, 2.05) is 6.92 Å². The molecule has 0 spiro atoms. The summed E-state index contributed by atoms with van der Waals surface area (Å²) in [7, 11) is 0. The van der Waals surface area contributed by atoms with E-state index in [4.69, 9.17) is 9.73 Å². The number of morpholine rings is 1. The molecule has 7 heteroatoms. The first kappa shape index (κ1) is 25.0. The van der Waals surface area contributed by atoms with Gasteiger partial charge in [0.05, 0.1) is 25.4 Å². The van der Waals surface area contributed by atoms with E-state index in [2.05, 4.69) is 58.5 Å². The van der Waals surface area contributed by atoms with Gasteiger partial charge in [0, 0.05) is 45.3 Å². The van der Waals surface area contributed by atoms with E-state index >= 15 is 0 Å². The van der Waals surface area contributed by atoms with Gasteiger partial charge in [-0.25, -0.2) is 4.99 Å². The summed E-state index contributed by atoms with van der Waals surface area (Å²) in [6.07, 6.45) is 3.99. The van der Waals surface area contributed by atoms with Gasteiger partial charge in [-0.15, -0.1) is 0 Å². The molecule has 32 heavy (non-hydrogen) atoms. The molecule has 1 aromatic carbocycles. The molecule has 180 valence electrons. The number of nitrogens with zero attached hydrogens (tertiary/aromatic N) is 3. The number of likely N-dealkylation sites (tertiary alicyclic amines) is 1. The number of nitrogens with one attached hydrogen (secondary N) is 2. The number of hydrogen-bond acceptors (Lipinski definition) is 5. The first-order valence-electron chi connectivity index (χ1n) is 12.3. The average Bonchev–Trinajstić information content (AvgIpc) is 2.79. The third-order valence-corrected chi connectivity index (χ3v) is 6.42. The van der Waals surface area contributed by atoms with Gasteiger partial charge in [0.1, 0.15) is 0 Å². The largest absolute Gasteiger partial charge is 0.387 e. The molecule has 0 saturated carbocycles. The topological polar surface area (TPSA) is 72.4 Å². The van der Waals surface area contributed by atoms with Gasteiger partial charge in [0.25, 0.3) is 0 Å². The molecule has 0 amide bonds. The molecule has 3 N–H and O–H groups in total. The van der Waals surface area contributed by atoms with E-state index in [0.717, 1.165) is 45.4 Å². The smallest absolute Gasteiger partial charge is 0.191 e. The van der Waals surface area contributed by atoms with Gasteiger partial charge in [0.2, 0.25) is 0 Å². The van der Waals surface area contributed by atoms with Crippen LogP contribution in [0.4, 0.5) is 0 Å². The van der Waals surface area contributed by atoms with Gasteiger partial charge < -0.3 is 20.5 Å². The van der Waals surface area contributed by atoms with Crippen LogP contribution in [0.2, 0.25) is 0 Å². The van der Waals surface area contributed by atoms with Gasteiger partial charge in [-0.05, 0) is 51.3 Å². The summed E-state index contributed by atoms with van der Waals surface area (Å²) in [6.45, 7) is 14.2. The minimum absolute atomic E-state index is 0.448. The summed E-state index contributed by atoms with van der Waals surface area (Å²) in [5.41, 5.74) is 1.73. The summed E-state index contributed by atoms with van der Waals surface area (Å²) < 4.78 is 5.40. The number of rotatable bonds is 9. The summed E-state index contributed by atoms with van der Waals surface area (Å²) in [4.78, 5) is 9.57. The van der Waals surface area contributed by atoms with E-state index < -0.39 is 5.60 Å². The number of hydrogen-bond donors (Lipinski definition) is 3. The number of benzene rings is 1. The Morgan fingerprint density at radius 2 is 1.84 bits per heavy atom. The van der Waals surface area contributed by atoms with E-state index in [1.54, 1.807) is 0 Å². The van der Waals surface area contributed by atoms with E-state index in [1.165, 1.54) is 36.9 Å². The molecular formula is C25H43N5O2. The van der Waals surface area contributed by atoms with Crippen molar-refractivity contribution >= 4 is 5.96 Å². The molecule has 2 unspecified atom stereocenters. The summed E-state index contributed by atoms with van der Waals surface area (Å²) in [6, 6.07) is 9.53. The second kappa shape index (κ2) is 12.5. The lowest BCUT2D eigenvalue weighted by Gasteiger charge is -2.34. The van der Waals surface area contributed by atoms with Crippen molar-refractivity contribution in [2.24, 2.45) is 4.99 Å². The van der Waals surface area contributed by atoms with Crippen LogP contribution in [0.25, 0.3) is 0 Å². The molecule has 2 heterocycles. The first-order chi connectivity index (χ1) is 15.4. The van der Waals surface area contributed by atoms with Gasteiger partial charge >= 0.3 is 0 Å². The Balaban J connectivity index is 1.49. The fourth-order valence-electron chi connectivity index (χ4n) is 4.46. The number of aliphatic hydroxyl groups is 1. The Labute approximate surface area is 194 Å². The van der Waals surface area contributed by atoms with Crippen LogP contribution >= 0.6 is 0 Å². The van der Waals surface area contributed by atoms with Crippen molar-refractivity contribution in [3.8, 4) is 0 Å². The fourth-order valence-corrected chi connectivity index (χ4v) is 4.46. The van der Waals surface area contributed by atoms with E-state index in [9.17, 15) is 5.11 Å². The summed E-state index contributed by atoms with van der Waals surface area (Å²) in [5, 5.41) is 17.4. The lowest BCUT2D eigenvalue weighted by molar-refractivity contribution is -0.0201. The maximum Gasteiger partial charge on any atom is 0.191 e. The predicted octanol–water partition coefficient (Wildman–Crippen LogP) is 2.20. The maximum absolute atomic E-state index is 10.8. The van der Waals surface area contributed by atoms with Crippen LogP contribution in [-0.2, 0) is 17.8 Å². The molecule has 2 aliphatic heterocycles. The molecule has 7 nitrogen and oxygen atoms in total. The Hall–Kier alpha value is -1.67. The van der Waals surface area contributed by atoms with Crippen LogP contribution < -0.4 is 10.6 Å². The maximum atomic E-state index is 10.8. The molecule has 0 radical (unpaired) electrons. The van der Waals surface area contributed by atoms with Crippen molar-refractivity contribution in [2.45, 2.75) is 64.8 Å². The Morgan fingerprint density at radius 1 is 1.12 bits per heavy atom. The van der Waals surface area contributed by atoms with Crippen LogP contribution in [0.3, 0.4) is 0 Å². The predicted molar refractivity (Wildman–Crippen MR) is 131 cm³/mol. The highest BCUT2D eigenvalue weighted by atomic mass is 16.5. The highest BCUT2D eigenvalue weighted by Crippen LogP contribution is 2.19. The molecule has 2 saturated heterocycles. The van der Waals surface area contributed by atoms with Crippen molar-refractivity contribution in [3.05, 3.63) is 35.4 Å². The zero-order chi connectivity index (χ0) is 22.8. The zero-order valence-electron chi connectivity index (χ0n) is 20.3. The minimum Gasteiger partial charge on any atom is -0.387 e. The second-order valence-electron chi connectivity index (χ2n) is 9.57. The van der Waals surface area contributed by atoms with Gasteiger partial charge in [-0.2, -0.15) is 0 Å². The molecule has 0 aromatic heterocycles. The Bertz CT molecular complexity index is 701. The molecule has 1 aromatic rings. The number of aliphatic imine (C=N–C) groups is 1. The SMILES string of the molecule is CCNC(=NCc1ccc(CN2CCCCC2C)cc1)NCC(C)(O)CN1CCOCC1. The number of piperidine rings is 1. The molecule has 2 fully saturated rings. The third-order valence-electron chi connectivity index (χ3n) is 6.42. The second-order valence-corrected chi connectivity index (χ2v) is 9.57. The monoisotopic (exact) mass is 445 g/mol. The van der Waals surface area contributed by atoms with Crippen LogP contribution in [0.5, 0.6) is 0 Å². The summed E-state index contributed by atoms with van der Waals surface area (Å²) in [5.74, 6) is 0.737. The molecule has 3 rings (SSSR count). The highest BCUT2D eigenvalue weighted by molar-refractivity contribution is 5.79. The van der Waals surface area contributed by atoms with E-state index in [-0.39, 0.29) is 0 Å². The van der Waals surface area contributed by atoms with E-state index in [0.29, 0.717) is 25.7 Å². The van der Waals surface area contributed by atoms with Crippen LogP contribution in [0.1, 0.15) is 51.2 Å². The van der Waals surface area contributed by atoms with Crippen molar-refractivity contribution in [1.29, 1.82) is 0 Å². The molecule has 2 aliphatic rings. The Morgan fingerprint density at radius 3 is 2.53 bits per heavy atom. The van der Waals surface area contributed by atoms with Crippen molar-refractivity contribution < 1.29 is 9.84 Å². The standard InChI is InChI=1S/C25H43N5O2/c1-4-26-24(28-19-25(3,31)20-29-13-15-32-16-14-29)27-17-22-8-10-23(11-9-22)18-30-12-6-5-7-21(30)2/h8-11,21,31H,4-7,12-20H2,1-3H3,(H2,26,27,28). The molecule has 0 bridgehead atoms. The van der Waals surface area contributed by atoms with Crippen molar-refractivity contribution in [1.82, 2.24) is 20.4 Å². The zero-order valence-corrected chi connectivity index (χ0v) is 20.3. The van der Waals surface area contributed by atoms with Crippen LogP contribution in [0, 0.1) is 0 Å². The molecule has 0 aliphatic carbocycles. The third kappa shape index (κ3) is 8.35. The van der Waals surface area contributed by atoms with Gasteiger partial charge in [-0.1, -0.05) is 30.7 Å². The molecular weight excluding hydrogens is 402 g/mol. The van der Waals surface area contributed by atoms with Crippen LogP contribution in [-0.4, -0.2) is 85.0 Å². The normalized spacial score (nSPS) is 23.0. The number of guanidine groups is 1. The quantitative estimate of drug-likeness (QED) is 0.400. The minimum atomic E-state index is -0.833. The summed E-state index contributed by atoms with van der Waals surface area (Å²) >= 11 is 0. The van der Waals surface area contributed by atoms with Crippen molar-refractivity contribution in [3.63, 3.8) is 0 Å². The first-order valence-corrected chi connectivity index (χ1v) is 12.3. The average molecular weight is 446 g/mol. The van der Waals surface area contributed by atoms with Gasteiger partial charge in [-0.3, -0.25) is 9.80 Å². The fraction of sp³-hybridized carbons (Fsp3) is 0.720. The van der Waals surface area contributed by atoms with Crippen molar-refractivity contribution in [2.75, 3.05) is 52.5 Å². The number of ether oxygens (including phenoxy) is 1. The highest BCUT2D eigenvalue weighted by Gasteiger charge is 2.25. The lowest BCUT2D eigenvalue weighted by Crippen LogP contribution is -2.52.